The van der Waals surface area contributed by atoms with Crippen molar-refractivity contribution in [2.24, 2.45) is 5.73 Å². The summed E-state index contributed by atoms with van der Waals surface area (Å²) in [5.41, 5.74) is 7.01. The van der Waals surface area contributed by atoms with Crippen LogP contribution in [0, 0.1) is 0 Å². The maximum absolute atomic E-state index is 5.86. The van der Waals surface area contributed by atoms with Gasteiger partial charge in [0.2, 0.25) is 0 Å². The Hall–Kier alpha value is -0.580. The average molecular weight is 253 g/mol. The van der Waals surface area contributed by atoms with Crippen LogP contribution in [0.2, 0.25) is 0 Å². The number of nitrogens with two attached hydrogens (primary N) is 1. The maximum atomic E-state index is 5.86. The van der Waals surface area contributed by atoms with E-state index in [0.717, 1.165) is 36.0 Å². The van der Waals surface area contributed by atoms with E-state index in [1.165, 1.54) is 0 Å². The van der Waals surface area contributed by atoms with Gasteiger partial charge in [-0.3, -0.25) is 0 Å². The largest absolute Gasteiger partial charge is 0.324 e. The van der Waals surface area contributed by atoms with Crippen molar-refractivity contribution in [3.63, 3.8) is 0 Å². The topological polar surface area (TPSA) is 42.1 Å². The van der Waals surface area contributed by atoms with Gasteiger partial charge in [-0.2, -0.15) is 0 Å². The van der Waals surface area contributed by atoms with E-state index in [2.05, 4.69) is 29.8 Å². The van der Waals surface area contributed by atoms with Crippen molar-refractivity contribution in [1.82, 2.24) is 9.88 Å². The molecule has 1 rings (SSSR count). The highest BCUT2D eigenvalue weighted by molar-refractivity contribution is 7.99. The highest BCUT2D eigenvalue weighted by Gasteiger charge is 2.03. The molecule has 0 aromatic carbocycles. The fraction of sp³-hybridized carbons (Fsp3) is 0.615. The van der Waals surface area contributed by atoms with Crippen LogP contribution < -0.4 is 5.73 Å². The number of hydrogen-bond acceptors (Lipinski definition) is 4. The Morgan fingerprint density at radius 3 is 2.71 bits per heavy atom. The van der Waals surface area contributed by atoms with Gasteiger partial charge in [0.1, 0.15) is 0 Å². The Morgan fingerprint density at radius 2 is 2.12 bits per heavy atom. The normalized spacial score (nSPS) is 13.0. The van der Waals surface area contributed by atoms with Gasteiger partial charge in [0.25, 0.3) is 0 Å². The zero-order valence-corrected chi connectivity index (χ0v) is 11.8. The van der Waals surface area contributed by atoms with E-state index in [4.69, 9.17) is 5.73 Å². The minimum atomic E-state index is 0.0835. The molecule has 0 saturated heterocycles. The van der Waals surface area contributed by atoms with E-state index in [-0.39, 0.29) is 6.04 Å². The van der Waals surface area contributed by atoms with Gasteiger partial charge in [-0.15, -0.1) is 11.8 Å². The summed E-state index contributed by atoms with van der Waals surface area (Å²) in [6.07, 6.45) is 1.85. The summed E-state index contributed by atoms with van der Waals surface area (Å²) in [5, 5.41) is 1.08. The quantitative estimate of drug-likeness (QED) is 0.758. The Kier molecular flexibility index (Phi) is 6.55. The summed E-state index contributed by atoms with van der Waals surface area (Å²) in [5.74, 6) is 1.08. The maximum Gasteiger partial charge on any atom is 0.0963 e. The summed E-state index contributed by atoms with van der Waals surface area (Å²) < 4.78 is 0. The molecule has 0 spiro atoms. The predicted octanol–water partition coefficient (Wildman–Crippen LogP) is 2.54. The van der Waals surface area contributed by atoms with E-state index >= 15 is 0 Å². The smallest absolute Gasteiger partial charge is 0.0963 e. The number of aromatic nitrogens is 1. The average Bonchev–Trinajstić information content (AvgIpc) is 2.35. The third-order valence-corrected chi connectivity index (χ3v) is 3.74. The van der Waals surface area contributed by atoms with Crippen LogP contribution in [0.1, 0.15) is 32.4 Å². The molecular weight excluding hydrogens is 230 g/mol. The minimum absolute atomic E-state index is 0.0835. The van der Waals surface area contributed by atoms with Crippen molar-refractivity contribution in [2.75, 3.05) is 25.4 Å². The van der Waals surface area contributed by atoms with Crippen molar-refractivity contribution < 1.29 is 0 Å². The molecule has 17 heavy (non-hydrogen) atoms. The van der Waals surface area contributed by atoms with Gasteiger partial charge in [0.05, 0.1) is 5.03 Å². The second-order valence-corrected chi connectivity index (χ2v) is 5.21. The Labute approximate surface area is 109 Å². The van der Waals surface area contributed by atoms with Crippen molar-refractivity contribution >= 4 is 11.8 Å². The molecule has 0 bridgehead atoms. The SMILES string of the molecule is CCN(CC)CCSc1cc(C(C)N)ccn1. The molecule has 1 unspecified atom stereocenters. The van der Waals surface area contributed by atoms with Crippen LogP contribution in [0.15, 0.2) is 23.4 Å². The van der Waals surface area contributed by atoms with Crippen LogP contribution in [0.4, 0.5) is 0 Å². The second-order valence-electron chi connectivity index (χ2n) is 4.09. The minimum Gasteiger partial charge on any atom is -0.324 e. The van der Waals surface area contributed by atoms with E-state index in [1.807, 2.05) is 19.2 Å². The predicted molar refractivity (Wildman–Crippen MR) is 75.4 cm³/mol. The van der Waals surface area contributed by atoms with Gasteiger partial charge in [-0.25, -0.2) is 4.98 Å². The Morgan fingerprint density at radius 1 is 1.41 bits per heavy atom. The summed E-state index contributed by atoms with van der Waals surface area (Å²) in [7, 11) is 0. The number of pyridine rings is 1. The molecule has 4 heteroatoms. The van der Waals surface area contributed by atoms with Crippen LogP contribution in [0.25, 0.3) is 0 Å². The highest BCUT2D eigenvalue weighted by Crippen LogP contribution is 2.18. The number of rotatable bonds is 7. The van der Waals surface area contributed by atoms with Gasteiger partial charge in [0, 0.05) is 24.5 Å². The molecular formula is C13H23N3S. The highest BCUT2D eigenvalue weighted by atomic mass is 32.2. The summed E-state index contributed by atoms with van der Waals surface area (Å²) in [4.78, 5) is 6.78. The van der Waals surface area contributed by atoms with Crippen LogP contribution in [-0.2, 0) is 0 Å². The zero-order chi connectivity index (χ0) is 12.7. The van der Waals surface area contributed by atoms with Gasteiger partial charge in [-0.05, 0) is 37.7 Å². The van der Waals surface area contributed by atoms with Crippen molar-refractivity contribution in [1.29, 1.82) is 0 Å². The standard InChI is InChI=1S/C13H23N3S/c1-4-16(5-2)8-9-17-13-10-12(11(3)14)6-7-15-13/h6-7,10-11H,4-5,8-9,14H2,1-3H3. The molecule has 0 saturated carbocycles. The molecule has 96 valence electrons. The van der Waals surface area contributed by atoms with Crippen LogP contribution in [0.3, 0.4) is 0 Å². The van der Waals surface area contributed by atoms with Gasteiger partial charge in [0.15, 0.2) is 0 Å². The number of hydrogen-bond donors (Lipinski definition) is 1. The third-order valence-electron chi connectivity index (χ3n) is 2.84. The molecule has 0 aliphatic heterocycles. The molecule has 3 nitrogen and oxygen atoms in total. The van der Waals surface area contributed by atoms with Gasteiger partial charge >= 0.3 is 0 Å². The lowest BCUT2D eigenvalue weighted by Gasteiger charge is -2.17. The molecule has 2 N–H and O–H groups in total. The van der Waals surface area contributed by atoms with Crippen LogP contribution >= 0.6 is 11.8 Å². The lowest BCUT2D eigenvalue weighted by atomic mass is 10.1. The molecule has 0 amide bonds. The van der Waals surface area contributed by atoms with E-state index < -0.39 is 0 Å². The second kappa shape index (κ2) is 7.69. The monoisotopic (exact) mass is 253 g/mol. The fourth-order valence-electron chi connectivity index (χ4n) is 1.61. The lowest BCUT2D eigenvalue weighted by molar-refractivity contribution is 0.324. The third kappa shape index (κ3) is 5.06. The van der Waals surface area contributed by atoms with E-state index in [0.29, 0.717) is 0 Å². The summed E-state index contributed by atoms with van der Waals surface area (Å²) in [6.45, 7) is 9.74. The molecule has 0 aliphatic carbocycles. The van der Waals surface area contributed by atoms with Crippen molar-refractivity contribution in [2.45, 2.75) is 31.8 Å². The first-order chi connectivity index (χ1) is 8.17. The molecule has 0 fully saturated rings. The lowest BCUT2D eigenvalue weighted by Crippen LogP contribution is -2.25. The summed E-state index contributed by atoms with van der Waals surface area (Å²) >= 11 is 1.80. The Balaban J connectivity index is 2.43. The van der Waals surface area contributed by atoms with Crippen molar-refractivity contribution in [3.05, 3.63) is 23.9 Å². The first-order valence-electron chi connectivity index (χ1n) is 6.24. The molecule has 1 aromatic heterocycles. The van der Waals surface area contributed by atoms with E-state index in [1.54, 1.807) is 11.8 Å². The van der Waals surface area contributed by atoms with Gasteiger partial charge < -0.3 is 10.6 Å². The Bertz CT molecular complexity index is 324. The molecule has 1 heterocycles. The summed E-state index contributed by atoms with van der Waals surface area (Å²) in [6, 6.07) is 4.16. The molecule has 1 aromatic rings. The molecule has 0 radical (unpaired) electrons. The van der Waals surface area contributed by atoms with Crippen LogP contribution in [0.5, 0.6) is 0 Å². The van der Waals surface area contributed by atoms with Crippen molar-refractivity contribution in [3.8, 4) is 0 Å². The zero-order valence-electron chi connectivity index (χ0n) is 11.0. The number of nitrogens with zero attached hydrogens (tertiary/aromatic N) is 2. The van der Waals surface area contributed by atoms with Crippen LogP contribution in [-0.4, -0.2) is 35.3 Å². The first-order valence-corrected chi connectivity index (χ1v) is 7.22. The van der Waals surface area contributed by atoms with E-state index in [9.17, 15) is 0 Å². The molecule has 1 atom stereocenters. The fourth-order valence-corrected chi connectivity index (χ4v) is 2.52. The van der Waals surface area contributed by atoms with Gasteiger partial charge in [-0.1, -0.05) is 13.8 Å². The molecule has 0 aliphatic rings. The first kappa shape index (κ1) is 14.5. The number of thioether (sulfide) groups is 1.